The summed E-state index contributed by atoms with van der Waals surface area (Å²) in [7, 11) is 1.72. The topological polar surface area (TPSA) is 24.9 Å². The Morgan fingerprint density at radius 1 is 1.11 bits per heavy atom. The number of hydrogen-bond acceptors (Lipinski definition) is 2. The summed E-state index contributed by atoms with van der Waals surface area (Å²) in [6.45, 7) is 0. The van der Waals surface area contributed by atoms with Gasteiger partial charge in [-0.2, -0.15) is 0 Å². The van der Waals surface area contributed by atoms with Gasteiger partial charge in [-0.3, -0.25) is 4.98 Å². The van der Waals surface area contributed by atoms with E-state index >= 15 is 0 Å². The molecule has 0 saturated carbocycles. The molecular weight excluding hydrogens is 253 g/mol. The molecule has 0 aliphatic heterocycles. The van der Waals surface area contributed by atoms with Crippen LogP contribution in [0.25, 0.3) is 0 Å². The van der Waals surface area contributed by atoms with Crippen molar-refractivity contribution >= 4 is 0 Å². The lowest BCUT2D eigenvalue weighted by molar-refractivity contribution is 0.504. The zero-order valence-corrected chi connectivity index (χ0v) is 10.3. The number of halogens is 3. The van der Waals surface area contributed by atoms with Crippen molar-refractivity contribution in [1.29, 1.82) is 0 Å². The fourth-order valence-electron chi connectivity index (χ4n) is 1.91. The zero-order valence-electron chi connectivity index (χ0n) is 10.3. The lowest BCUT2D eigenvalue weighted by Gasteiger charge is -2.16. The second kappa shape index (κ2) is 5.84. The van der Waals surface area contributed by atoms with E-state index < -0.39 is 17.5 Å². The average molecular weight is 266 g/mol. The largest absolute Gasteiger partial charge is 0.313 e. The van der Waals surface area contributed by atoms with Crippen molar-refractivity contribution in [3.63, 3.8) is 0 Å². The summed E-state index contributed by atoms with van der Waals surface area (Å²) in [6, 6.07) is 4.89. The van der Waals surface area contributed by atoms with E-state index in [1.807, 2.05) is 0 Å². The van der Waals surface area contributed by atoms with Crippen LogP contribution in [0.15, 0.2) is 36.7 Å². The van der Waals surface area contributed by atoms with Gasteiger partial charge in [-0.1, -0.05) is 6.07 Å². The monoisotopic (exact) mass is 266 g/mol. The molecule has 5 heteroatoms. The van der Waals surface area contributed by atoms with Crippen molar-refractivity contribution in [3.05, 3.63) is 65.2 Å². The van der Waals surface area contributed by atoms with Crippen LogP contribution >= 0.6 is 0 Å². The van der Waals surface area contributed by atoms with Gasteiger partial charge in [0.15, 0.2) is 11.6 Å². The lowest BCUT2D eigenvalue weighted by Crippen LogP contribution is -2.19. The molecular formula is C14H13F3N2. The van der Waals surface area contributed by atoms with Gasteiger partial charge in [0.2, 0.25) is 0 Å². The van der Waals surface area contributed by atoms with Gasteiger partial charge < -0.3 is 5.32 Å². The van der Waals surface area contributed by atoms with E-state index in [4.69, 9.17) is 0 Å². The fraction of sp³-hybridized carbons (Fsp3) is 0.214. The van der Waals surface area contributed by atoms with E-state index in [2.05, 4.69) is 10.3 Å². The summed E-state index contributed by atoms with van der Waals surface area (Å²) in [5.41, 5.74) is 1.29. The van der Waals surface area contributed by atoms with E-state index in [0.29, 0.717) is 17.5 Å². The van der Waals surface area contributed by atoms with Crippen molar-refractivity contribution in [3.8, 4) is 0 Å². The maximum Gasteiger partial charge on any atom is 0.159 e. The molecule has 0 saturated heterocycles. The first-order valence-electron chi connectivity index (χ1n) is 5.82. The second-order valence-electron chi connectivity index (χ2n) is 4.23. The quantitative estimate of drug-likeness (QED) is 0.920. The van der Waals surface area contributed by atoms with Crippen LogP contribution in [-0.4, -0.2) is 12.0 Å². The fourth-order valence-corrected chi connectivity index (χ4v) is 1.91. The number of hydrogen-bond donors (Lipinski definition) is 1. The molecule has 2 rings (SSSR count). The predicted molar refractivity (Wildman–Crippen MR) is 66.1 cm³/mol. The molecule has 2 aromatic rings. The molecule has 0 spiro atoms. The van der Waals surface area contributed by atoms with Gasteiger partial charge in [-0.15, -0.1) is 0 Å². The smallest absolute Gasteiger partial charge is 0.159 e. The predicted octanol–water partition coefficient (Wildman–Crippen LogP) is 3.00. The van der Waals surface area contributed by atoms with Crippen molar-refractivity contribution < 1.29 is 13.2 Å². The van der Waals surface area contributed by atoms with Crippen LogP contribution in [0.3, 0.4) is 0 Å². The van der Waals surface area contributed by atoms with E-state index in [1.54, 1.807) is 13.2 Å². The van der Waals surface area contributed by atoms with Crippen molar-refractivity contribution in [2.45, 2.75) is 12.5 Å². The second-order valence-corrected chi connectivity index (χ2v) is 4.23. The maximum atomic E-state index is 13.1. The van der Waals surface area contributed by atoms with Crippen molar-refractivity contribution in [2.75, 3.05) is 7.05 Å². The number of benzene rings is 1. The van der Waals surface area contributed by atoms with Gasteiger partial charge in [0.05, 0.1) is 6.20 Å². The molecule has 0 bridgehead atoms. The Morgan fingerprint density at radius 2 is 1.89 bits per heavy atom. The molecule has 100 valence electrons. The number of nitrogens with one attached hydrogen (secondary N) is 1. The molecule has 1 heterocycles. The van der Waals surface area contributed by atoms with Crippen LogP contribution < -0.4 is 5.32 Å². The summed E-state index contributed by atoms with van der Waals surface area (Å²) in [5, 5.41) is 3.01. The third-order valence-corrected chi connectivity index (χ3v) is 2.90. The zero-order chi connectivity index (χ0) is 13.8. The van der Waals surface area contributed by atoms with Crippen molar-refractivity contribution in [1.82, 2.24) is 10.3 Å². The molecule has 1 atom stereocenters. The molecule has 1 N–H and O–H groups in total. The van der Waals surface area contributed by atoms with Crippen LogP contribution in [0.5, 0.6) is 0 Å². The Hall–Kier alpha value is -1.88. The van der Waals surface area contributed by atoms with Gasteiger partial charge >= 0.3 is 0 Å². The molecule has 0 fully saturated rings. The highest BCUT2D eigenvalue weighted by molar-refractivity contribution is 5.23. The standard InChI is InChI=1S/C14H13F3N2/c1-18-14(10-6-11(15)8-19-7-10)5-9-2-3-12(16)13(17)4-9/h2-4,6-8,14,18H,5H2,1H3. The van der Waals surface area contributed by atoms with E-state index in [0.717, 1.165) is 18.3 Å². The Balaban J connectivity index is 2.21. The van der Waals surface area contributed by atoms with Crippen LogP contribution in [0.2, 0.25) is 0 Å². The van der Waals surface area contributed by atoms with Gasteiger partial charge in [0.1, 0.15) is 5.82 Å². The highest BCUT2D eigenvalue weighted by Crippen LogP contribution is 2.19. The average Bonchev–Trinajstić information content (AvgIpc) is 2.40. The molecule has 2 nitrogen and oxygen atoms in total. The summed E-state index contributed by atoms with van der Waals surface area (Å²) in [6.07, 6.45) is 3.08. The van der Waals surface area contributed by atoms with E-state index in [-0.39, 0.29) is 6.04 Å². The first-order chi connectivity index (χ1) is 9.10. The maximum absolute atomic E-state index is 13.1. The number of rotatable bonds is 4. The molecule has 0 amide bonds. The Kier molecular flexibility index (Phi) is 4.16. The minimum absolute atomic E-state index is 0.215. The molecule has 1 aromatic heterocycles. The first kappa shape index (κ1) is 13.5. The highest BCUT2D eigenvalue weighted by atomic mass is 19.2. The summed E-state index contributed by atoms with van der Waals surface area (Å²) in [5.74, 6) is -2.19. The molecule has 1 aromatic carbocycles. The molecule has 0 radical (unpaired) electrons. The van der Waals surface area contributed by atoms with Gasteiger partial charge in [0, 0.05) is 12.2 Å². The van der Waals surface area contributed by atoms with Gasteiger partial charge in [0.25, 0.3) is 0 Å². The number of likely N-dealkylation sites (N-methyl/N-ethyl adjacent to an activating group) is 1. The Bertz CT molecular complexity index is 572. The summed E-state index contributed by atoms with van der Waals surface area (Å²) in [4.78, 5) is 3.78. The molecule has 0 aliphatic carbocycles. The van der Waals surface area contributed by atoms with Gasteiger partial charge in [-0.05, 0) is 42.8 Å². The SMILES string of the molecule is CNC(Cc1ccc(F)c(F)c1)c1cncc(F)c1. The lowest BCUT2D eigenvalue weighted by atomic mass is 10.0. The van der Waals surface area contributed by atoms with Crippen molar-refractivity contribution in [2.24, 2.45) is 0 Å². The first-order valence-corrected chi connectivity index (χ1v) is 5.82. The highest BCUT2D eigenvalue weighted by Gasteiger charge is 2.12. The van der Waals surface area contributed by atoms with E-state index in [9.17, 15) is 13.2 Å². The normalized spacial score (nSPS) is 12.4. The van der Waals surface area contributed by atoms with Crippen LogP contribution in [0.1, 0.15) is 17.2 Å². The molecule has 1 unspecified atom stereocenters. The van der Waals surface area contributed by atoms with Crippen LogP contribution in [0, 0.1) is 17.5 Å². The molecule has 19 heavy (non-hydrogen) atoms. The van der Waals surface area contributed by atoms with Crippen LogP contribution in [0.4, 0.5) is 13.2 Å². The third kappa shape index (κ3) is 3.32. The number of pyridine rings is 1. The summed E-state index contributed by atoms with van der Waals surface area (Å²) >= 11 is 0. The molecule has 0 aliphatic rings. The third-order valence-electron chi connectivity index (χ3n) is 2.90. The van der Waals surface area contributed by atoms with Crippen LogP contribution in [-0.2, 0) is 6.42 Å². The van der Waals surface area contributed by atoms with Gasteiger partial charge in [-0.25, -0.2) is 13.2 Å². The Morgan fingerprint density at radius 3 is 2.53 bits per heavy atom. The minimum Gasteiger partial charge on any atom is -0.313 e. The van der Waals surface area contributed by atoms with E-state index in [1.165, 1.54) is 12.1 Å². The number of aromatic nitrogens is 1. The summed E-state index contributed by atoms with van der Waals surface area (Å²) < 4.78 is 39.1. The number of nitrogens with zero attached hydrogens (tertiary/aromatic N) is 1. The minimum atomic E-state index is -0.885. The Labute approximate surface area is 109 Å².